The largest absolute Gasteiger partial charge is 0.416 e. The van der Waals surface area contributed by atoms with Crippen LogP contribution in [0.3, 0.4) is 0 Å². The van der Waals surface area contributed by atoms with Crippen LogP contribution in [0.15, 0.2) is 54.7 Å². The van der Waals surface area contributed by atoms with Gasteiger partial charge in [0, 0.05) is 17.8 Å². The summed E-state index contributed by atoms with van der Waals surface area (Å²) in [6.45, 7) is 1.41. The van der Waals surface area contributed by atoms with Gasteiger partial charge in [0.15, 0.2) is 5.82 Å². The standard InChI is InChI=1S/C17H14F3N3O3S/c1-2-27(24,25)26-16-11-14(22-23(16)15-8-3-4-9-21-15)12-6-5-7-13(10-12)17(18,19)20/h3-11H,2H2,1H3. The van der Waals surface area contributed by atoms with Gasteiger partial charge in [-0.2, -0.15) is 31.4 Å². The maximum absolute atomic E-state index is 13.0. The Balaban J connectivity index is 2.12. The molecule has 0 saturated carbocycles. The molecular weight excluding hydrogens is 383 g/mol. The van der Waals surface area contributed by atoms with Gasteiger partial charge >= 0.3 is 16.3 Å². The molecule has 0 aliphatic heterocycles. The Kier molecular flexibility index (Phi) is 4.92. The lowest BCUT2D eigenvalue weighted by Gasteiger charge is -2.07. The number of halogens is 3. The zero-order valence-electron chi connectivity index (χ0n) is 14.0. The molecular formula is C17H14F3N3O3S. The molecule has 2 aromatic heterocycles. The Bertz CT molecular complexity index is 1050. The summed E-state index contributed by atoms with van der Waals surface area (Å²) in [5.41, 5.74) is -0.553. The number of rotatable bonds is 5. The number of aromatic nitrogens is 3. The highest BCUT2D eigenvalue weighted by molar-refractivity contribution is 7.87. The fourth-order valence-corrected chi connectivity index (χ4v) is 2.75. The van der Waals surface area contributed by atoms with Crippen LogP contribution in [0, 0.1) is 0 Å². The second-order valence-corrected chi connectivity index (χ2v) is 7.34. The summed E-state index contributed by atoms with van der Waals surface area (Å²) in [5.74, 6) is -0.181. The van der Waals surface area contributed by atoms with Crippen LogP contribution in [0.2, 0.25) is 0 Å². The molecule has 0 spiro atoms. The van der Waals surface area contributed by atoms with Crippen molar-refractivity contribution in [2.45, 2.75) is 13.1 Å². The molecule has 0 radical (unpaired) electrons. The normalized spacial score (nSPS) is 12.1. The molecule has 0 saturated heterocycles. The van der Waals surface area contributed by atoms with Crippen molar-refractivity contribution in [3.63, 3.8) is 0 Å². The van der Waals surface area contributed by atoms with Gasteiger partial charge in [-0.15, -0.1) is 0 Å². The summed E-state index contributed by atoms with van der Waals surface area (Å²) >= 11 is 0. The van der Waals surface area contributed by atoms with E-state index in [1.54, 1.807) is 18.2 Å². The lowest BCUT2D eigenvalue weighted by Crippen LogP contribution is -2.14. The Morgan fingerprint density at radius 2 is 1.89 bits per heavy atom. The van der Waals surface area contributed by atoms with Gasteiger partial charge in [-0.25, -0.2) is 4.98 Å². The fourth-order valence-electron chi connectivity index (χ4n) is 2.25. The average Bonchev–Trinajstić information content (AvgIpc) is 3.05. The molecule has 142 valence electrons. The monoisotopic (exact) mass is 397 g/mol. The SMILES string of the molecule is CCS(=O)(=O)Oc1cc(-c2cccc(C(F)(F)F)c2)nn1-c1ccccn1. The summed E-state index contributed by atoms with van der Waals surface area (Å²) in [7, 11) is -3.87. The lowest BCUT2D eigenvalue weighted by molar-refractivity contribution is -0.137. The smallest absolute Gasteiger partial charge is 0.361 e. The number of pyridine rings is 1. The summed E-state index contributed by atoms with van der Waals surface area (Å²) in [4.78, 5) is 4.07. The minimum absolute atomic E-state index is 0.119. The van der Waals surface area contributed by atoms with Crippen LogP contribution in [0.5, 0.6) is 5.88 Å². The first-order chi connectivity index (χ1) is 12.7. The van der Waals surface area contributed by atoms with E-state index in [2.05, 4.69) is 10.1 Å². The number of nitrogens with zero attached hydrogens (tertiary/aromatic N) is 3. The summed E-state index contributed by atoms with van der Waals surface area (Å²) < 4.78 is 68.8. The summed E-state index contributed by atoms with van der Waals surface area (Å²) in [5, 5.41) is 4.19. The number of alkyl halides is 3. The molecule has 3 aromatic rings. The van der Waals surface area contributed by atoms with Crippen molar-refractivity contribution in [2.75, 3.05) is 5.75 Å². The van der Waals surface area contributed by atoms with Crippen LogP contribution < -0.4 is 4.18 Å². The summed E-state index contributed by atoms with van der Waals surface area (Å²) in [6, 6.07) is 10.7. The van der Waals surface area contributed by atoms with E-state index in [1.165, 1.54) is 31.3 Å². The highest BCUT2D eigenvalue weighted by Crippen LogP contribution is 2.33. The van der Waals surface area contributed by atoms with Crippen LogP contribution in [0.25, 0.3) is 17.1 Å². The molecule has 0 aliphatic carbocycles. The van der Waals surface area contributed by atoms with Gasteiger partial charge in [0.05, 0.1) is 17.0 Å². The molecule has 0 amide bonds. The molecule has 0 unspecified atom stereocenters. The zero-order valence-corrected chi connectivity index (χ0v) is 14.8. The van der Waals surface area contributed by atoms with Crippen molar-refractivity contribution in [1.29, 1.82) is 0 Å². The number of hydrogen-bond donors (Lipinski definition) is 0. The van der Waals surface area contributed by atoms with Gasteiger partial charge in [0.2, 0.25) is 5.88 Å². The quantitative estimate of drug-likeness (QED) is 0.614. The van der Waals surface area contributed by atoms with Crippen molar-refractivity contribution in [3.05, 3.63) is 60.3 Å². The zero-order chi connectivity index (χ0) is 19.7. The minimum Gasteiger partial charge on any atom is -0.361 e. The average molecular weight is 397 g/mol. The third kappa shape index (κ3) is 4.27. The third-order valence-corrected chi connectivity index (χ3v) is 4.73. The first-order valence-electron chi connectivity index (χ1n) is 7.81. The van der Waals surface area contributed by atoms with E-state index in [0.717, 1.165) is 16.8 Å². The fraction of sp³-hybridized carbons (Fsp3) is 0.176. The molecule has 6 nitrogen and oxygen atoms in total. The topological polar surface area (TPSA) is 74.1 Å². The van der Waals surface area contributed by atoms with Crippen molar-refractivity contribution in [1.82, 2.24) is 14.8 Å². The first kappa shape index (κ1) is 18.9. The van der Waals surface area contributed by atoms with E-state index in [-0.39, 0.29) is 28.7 Å². The molecule has 2 heterocycles. The van der Waals surface area contributed by atoms with E-state index >= 15 is 0 Å². The van der Waals surface area contributed by atoms with Crippen molar-refractivity contribution >= 4 is 10.1 Å². The van der Waals surface area contributed by atoms with Crippen LogP contribution in [0.1, 0.15) is 12.5 Å². The Hall–Kier alpha value is -2.88. The van der Waals surface area contributed by atoms with Crippen LogP contribution in [-0.2, 0) is 16.3 Å². The second kappa shape index (κ2) is 7.03. The van der Waals surface area contributed by atoms with Crippen molar-refractivity contribution in [3.8, 4) is 23.0 Å². The highest BCUT2D eigenvalue weighted by atomic mass is 32.2. The van der Waals surface area contributed by atoms with Crippen LogP contribution >= 0.6 is 0 Å². The van der Waals surface area contributed by atoms with E-state index in [1.807, 2.05) is 0 Å². The molecule has 3 rings (SSSR count). The summed E-state index contributed by atoms with van der Waals surface area (Å²) in [6.07, 6.45) is -3.04. The van der Waals surface area contributed by atoms with Crippen molar-refractivity contribution in [2.24, 2.45) is 0 Å². The Labute approximate surface area is 153 Å². The van der Waals surface area contributed by atoms with E-state index in [9.17, 15) is 21.6 Å². The van der Waals surface area contributed by atoms with Gasteiger partial charge in [0.25, 0.3) is 0 Å². The third-order valence-electron chi connectivity index (χ3n) is 3.59. The maximum Gasteiger partial charge on any atom is 0.416 e. The Morgan fingerprint density at radius 3 is 2.52 bits per heavy atom. The van der Waals surface area contributed by atoms with Gasteiger partial charge in [-0.3, -0.25) is 0 Å². The molecule has 0 N–H and O–H groups in total. The molecule has 10 heteroatoms. The molecule has 0 fully saturated rings. The number of benzene rings is 1. The lowest BCUT2D eigenvalue weighted by atomic mass is 10.1. The van der Waals surface area contributed by atoms with Gasteiger partial charge in [0.1, 0.15) is 0 Å². The molecule has 0 bridgehead atoms. The predicted molar refractivity (Wildman–Crippen MR) is 91.9 cm³/mol. The van der Waals surface area contributed by atoms with E-state index in [0.29, 0.717) is 0 Å². The van der Waals surface area contributed by atoms with E-state index in [4.69, 9.17) is 4.18 Å². The minimum atomic E-state index is -4.51. The van der Waals surface area contributed by atoms with Crippen molar-refractivity contribution < 1.29 is 25.8 Å². The number of hydrogen-bond acceptors (Lipinski definition) is 5. The molecule has 0 atom stereocenters. The first-order valence-corrected chi connectivity index (χ1v) is 9.38. The molecule has 0 aliphatic rings. The predicted octanol–water partition coefficient (Wildman–Crippen LogP) is 3.68. The molecule has 1 aromatic carbocycles. The van der Waals surface area contributed by atoms with Gasteiger partial charge < -0.3 is 4.18 Å². The van der Waals surface area contributed by atoms with E-state index < -0.39 is 21.9 Å². The maximum atomic E-state index is 13.0. The van der Waals surface area contributed by atoms with Gasteiger partial charge in [-0.1, -0.05) is 18.2 Å². The van der Waals surface area contributed by atoms with Crippen LogP contribution in [0.4, 0.5) is 13.2 Å². The van der Waals surface area contributed by atoms with Crippen LogP contribution in [-0.4, -0.2) is 28.9 Å². The van der Waals surface area contributed by atoms with Gasteiger partial charge in [-0.05, 0) is 31.2 Å². The molecule has 27 heavy (non-hydrogen) atoms. The highest BCUT2D eigenvalue weighted by Gasteiger charge is 2.30. The second-order valence-electron chi connectivity index (χ2n) is 5.48. The Morgan fingerprint density at radius 1 is 1.11 bits per heavy atom.